The first-order valence-corrected chi connectivity index (χ1v) is 9.02. The van der Waals surface area contributed by atoms with E-state index in [0.29, 0.717) is 12.3 Å². The van der Waals surface area contributed by atoms with Crippen molar-refractivity contribution in [3.63, 3.8) is 0 Å². The van der Waals surface area contributed by atoms with Crippen molar-refractivity contribution in [1.29, 1.82) is 0 Å². The van der Waals surface area contributed by atoms with Gasteiger partial charge >= 0.3 is 0 Å². The number of carbonyl (C=O) groups is 1. The van der Waals surface area contributed by atoms with Gasteiger partial charge in [0.15, 0.2) is 11.0 Å². The van der Waals surface area contributed by atoms with Gasteiger partial charge in [-0.25, -0.2) is 0 Å². The minimum absolute atomic E-state index is 0.0405. The molecule has 22 heavy (non-hydrogen) atoms. The van der Waals surface area contributed by atoms with Gasteiger partial charge in [-0.2, -0.15) is 0 Å². The average Bonchev–Trinajstić information content (AvgIpc) is 2.86. The highest BCUT2D eigenvalue weighted by molar-refractivity contribution is 7.99. The van der Waals surface area contributed by atoms with Crippen LogP contribution in [0, 0.1) is 0 Å². The topological polar surface area (TPSA) is 63.1 Å². The lowest BCUT2D eigenvalue weighted by Crippen LogP contribution is -2.25. The molecule has 1 aromatic heterocycles. The first kappa shape index (κ1) is 19.0. The maximum atomic E-state index is 11.6. The van der Waals surface area contributed by atoms with Crippen molar-refractivity contribution in [2.75, 3.05) is 26.4 Å². The Bertz CT molecular complexity index is 461. The quantitative estimate of drug-likeness (QED) is 0.668. The van der Waals surface area contributed by atoms with Crippen LogP contribution in [-0.4, -0.2) is 52.0 Å². The number of rotatable bonds is 10. The van der Waals surface area contributed by atoms with Crippen LogP contribution in [0.15, 0.2) is 5.16 Å². The third-order valence-electron chi connectivity index (χ3n) is 3.50. The molecule has 1 atom stereocenters. The second-order valence-corrected chi connectivity index (χ2v) is 6.42. The predicted octanol–water partition coefficient (Wildman–Crippen LogP) is 2.32. The monoisotopic (exact) mass is 327 g/mol. The maximum absolute atomic E-state index is 11.6. The lowest BCUT2D eigenvalue weighted by atomic mass is 10.2. The molecule has 0 spiro atoms. The predicted molar refractivity (Wildman–Crippen MR) is 91.1 cm³/mol. The molecule has 0 saturated heterocycles. The Morgan fingerprint density at radius 3 is 2.59 bits per heavy atom. The van der Waals surface area contributed by atoms with Crippen molar-refractivity contribution in [3.8, 4) is 0 Å². The van der Waals surface area contributed by atoms with Crippen LogP contribution in [0.2, 0.25) is 0 Å². The normalized spacial score (nSPS) is 12.6. The van der Waals surface area contributed by atoms with E-state index < -0.39 is 0 Å². The van der Waals surface area contributed by atoms with E-state index in [1.165, 1.54) is 11.8 Å². The summed E-state index contributed by atoms with van der Waals surface area (Å²) in [5, 5.41) is 12.4. The summed E-state index contributed by atoms with van der Waals surface area (Å²) in [6.07, 6.45) is 3.19. The van der Waals surface area contributed by atoms with Crippen molar-refractivity contribution in [2.45, 2.75) is 57.8 Å². The molecule has 0 bridgehead atoms. The zero-order valence-electron chi connectivity index (χ0n) is 14.4. The molecule has 7 heteroatoms. The lowest BCUT2D eigenvalue weighted by Gasteiger charge is -2.23. The van der Waals surface area contributed by atoms with Gasteiger partial charge in [0, 0.05) is 13.1 Å². The van der Waals surface area contributed by atoms with Crippen molar-refractivity contribution in [2.24, 2.45) is 0 Å². The van der Waals surface area contributed by atoms with E-state index in [0.717, 1.165) is 36.8 Å². The van der Waals surface area contributed by atoms with Gasteiger partial charge in [0.05, 0.1) is 11.8 Å². The van der Waals surface area contributed by atoms with Crippen LogP contribution >= 0.6 is 11.8 Å². The molecule has 1 N–H and O–H groups in total. The minimum Gasteiger partial charge on any atom is -0.356 e. The van der Waals surface area contributed by atoms with Crippen LogP contribution in [-0.2, 0) is 11.3 Å². The van der Waals surface area contributed by atoms with Gasteiger partial charge in [-0.15, -0.1) is 10.2 Å². The van der Waals surface area contributed by atoms with E-state index in [2.05, 4.69) is 52.9 Å². The zero-order chi connectivity index (χ0) is 16.5. The van der Waals surface area contributed by atoms with Gasteiger partial charge in [-0.3, -0.25) is 9.69 Å². The fourth-order valence-corrected chi connectivity index (χ4v) is 3.14. The summed E-state index contributed by atoms with van der Waals surface area (Å²) in [5.74, 6) is 1.43. The van der Waals surface area contributed by atoms with Gasteiger partial charge in [-0.1, -0.05) is 32.0 Å². The molecule has 0 aromatic carbocycles. The first-order chi connectivity index (χ1) is 10.5. The van der Waals surface area contributed by atoms with Crippen molar-refractivity contribution in [1.82, 2.24) is 25.0 Å². The Labute approximate surface area is 138 Å². The van der Waals surface area contributed by atoms with Crippen LogP contribution in [0.1, 0.15) is 51.9 Å². The largest absolute Gasteiger partial charge is 0.356 e. The second-order valence-electron chi connectivity index (χ2n) is 5.48. The Morgan fingerprint density at radius 1 is 1.32 bits per heavy atom. The lowest BCUT2D eigenvalue weighted by molar-refractivity contribution is -0.118. The van der Waals surface area contributed by atoms with E-state index >= 15 is 0 Å². The summed E-state index contributed by atoms with van der Waals surface area (Å²) >= 11 is 1.46. The molecule has 0 aliphatic carbocycles. The molecule has 0 aliphatic heterocycles. The van der Waals surface area contributed by atoms with Gasteiger partial charge in [0.25, 0.3) is 0 Å². The SMILES string of the molecule is CCCCn1c(SCC(=O)NCC)nnc1C(CC)N(C)C. The molecule has 0 saturated carbocycles. The molecule has 1 rings (SSSR count). The fraction of sp³-hybridized carbons (Fsp3) is 0.800. The Balaban J connectivity index is 2.92. The standard InChI is InChI=1S/C15H29N5OS/c1-6-9-10-20-14(12(7-2)19(4)5)17-18-15(20)22-11-13(21)16-8-3/h12H,6-11H2,1-5H3,(H,16,21). The molecule has 1 amide bonds. The molecular formula is C15H29N5OS. The second kappa shape index (κ2) is 9.84. The smallest absolute Gasteiger partial charge is 0.230 e. The van der Waals surface area contributed by atoms with E-state index in [-0.39, 0.29) is 11.9 Å². The molecule has 1 aromatic rings. The summed E-state index contributed by atoms with van der Waals surface area (Å²) < 4.78 is 2.18. The fourth-order valence-electron chi connectivity index (χ4n) is 2.34. The summed E-state index contributed by atoms with van der Waals surface area (Å²) in [7, 11) is 4.13. The Morgan fingerprint density at radius 2 is 2.05 bits per heavy atom. The number of nitrogens with zero attached hydrogens (tertiary/aromatic N) is 4. The highest BCUT2D eigenvalue weighted by atomic mass is 32.2. The maximum Gasteiger partial charge on any atom is 0.230 e. The van der Waals surface area contributed by atoms with Gasteiger partial charge in [-0.05, 0) is 33.9 Å². The summed E-state index contributed by atoms with van der Waals surface area (Å²) in [4.78, 5) is 13.8. The third-order valence-corrected chi connectivity index (χ3v) is 4.46. The highest BCUT2D eigenvalue weighted by Gasteiger charge is 2.22. The molecule has 1 heterocycles. The molecule has 1 unspecified atom stereocenters. The number of unbranched alkanes of at least 4 members (excludes halogenated alkanes) is 1. The van der Waals surface area contributed by atoms with Crippen molar-refractivity contribution in [3.05, 3.63) is 5.82 Å². The first-order valence-electron chi connectivity index (χ1n) is 8.04. The summed E-state index contributed by atoms with van der Waals surface area (Å²) in [5.41, 5.74) is 0. The minimum atomic E-state index is 0.0405. The van der Waals surface area contributed by atoms with E-state index in [1.807, 2.05) is 6.92 Å². The van der Waals surface area contributed by atoms with Crippen molar-refractivity contribution >= 4 is 17.7 Å². The number of aromatic nitrogens is 3. The van der Waals surface area contributed by atoms with E-state index in [9.17, 15) is 4.79 Å². The number of hydrogen-bond donors (Lipinski definition) is 1. The summed E-state index contributed by atoms with van der Waals surface area (Å²) in [6, 6.07) is 0.253. The Kier molecular flexibility index (Phi) is 8.48. The third kappa shape index (κ3) is 5.28. The molecule has 126 valence electrons. The van der Waals surface area contributed by atoms with E-state index in [4.69, 9.17) is 0 Å². The van der Waals surface area contributed by atoms with Crippen LogP contribution in [0.4, 0.5) is 0 Å². The van der Waals surface area contributed by atoms with Crippen LogP contribution in [0.5, 0.6) is 0 Å². The van der Waals surface area contributed by atoms with Gasteiger partial charge in [0.2, 0.25) is 5.91 Å². The molecule has 0 fully saturated rings. The summed E-state index contributed by atoms with van der Waals surface area (Å²) in [6.45, 7) is 7.82. The van der Waals surface area contributed by atoms with Crippen LogP contribution in [0.3, 0.4) is 0 Å². The number of hydrogen-bond acceptors (Lipinski definition) is 5. The average molecular weight is 327 g/mol. The number of thioether (sulfide) groups is 1. The van der Waals surface area contributed by atoms with Crippen LogP contribution < -0.4 is 5.32 Å². The number of amides is 1. The molecule has 6 nitrogen and oxygen atoms in total. The molecule has 0 radical (unpaired) electrons. The van der Waals surface area contributed by atoms with E-state index in [1.54, 1.807) is 0 Å². The van der Waals surface area contributed by atoms with Crippen molar-refractivity contribution < 1.29 is 4.79 Å². The van der Waals surface area contributed by atoms with Crippen LogP contribution in [0.25, 0.3) is 0 Å². The molecular weight excluding hydrogens is 298 g/mol. The zero-order valence-corrected chi connectivity index (χ0v) is 15.2. The highest BCUT2D eigenvalue weighted by Crippen LogP contribution is 2.25. The van der Waals surface area contributed by atoms with Gasteiger partial charge in [0.1, 0.15) is 0 Å². The Hall–Kier alpha value is -1.08. The van der Waals surface area contributed by atoms with Gasteiger partial charge < -0.3 is 9.88 Å². The number of nitrogens with one attached hydrogen (secondary N) is 1. The molecule has 0 aliphatic rings. The number of carbonyl (C=O) groups excluding carboxylic acids is 1.